The number of ether oxygens (including phenoxy) is 2. The first-order chi connectivity index (χ1) is 14.1. The van der Waals surface area contributed by atoms with Crippen LogP contribution >= 0.6 is 11.6 Å². The zero-order valence-corrected chi connectivity index (χ0v) is 16.5. The lowest BCUT2D eigenvalue weighted by molar-refractivity contribution is -0.239. The molecule has 1 N–H and O–H groups in total. The molecule has 0 aliphatic carbocycles. The molecule has 152 valence electrons. The maximum atomic E-state index is 13.9. The van der Waals surface area contributed by atoms with E-state index in [2.05, 4.69) is 15.5 Å². The SMILES string of the molecule is N#Cc1ccc(N(CCC2OCC3(CNC3)CO2)Cc2ccc(Cl)c(F)c2)nn1. The summed E-state index contributed by atoms with van der Waals surface area (Å²) in [5.74, 6) is 0.128. The van der Waals surface area contributed by atoms with Crippen molar-refractivity contribution in [2.45, 2.75) is 19.3 Å². The van der Waals surface area contributed by atoms with Gasteiger partial charge in [-0.2, -0.15) is 5.26 Å². The van der Waals surface area contributed by atoms with Gasteiger partial charge < -0.3 is 19.7 Å². The zero-order chi connectivity index (χ0) is 20.3. The van der Waals surface area contributed by atoms with Gasteiger partial charge in [0.15, 0.2) is 17.8 Å². The molecule has 2 aliphatic rings. The third-order valence-corrected chi connectivity index (χ3v) is 5.54. The summed E-state index contributed by atoms with van der Waals surface area (Å²) in [5.41, 5.74) is 1.11. The number of rotatable bonds is 6. The van der Waals surface area contributed by atoms with E-state index in [1.54, 1.807) is 18.2 Å². The van der Waals surface area contributed by atoms with Crippen LogP contribution in [0.2, 0.25) is 5.02 Å². The van der Waals surface area contributed by atoms with Gasteiger partial charge in [-0.15, -0.1) is 10.2 Å². The highest BCUT2D eigenvalue weighted by molar-refractivity contribution is 6.30. The van der Waals surface area contributed by atoms with E-state index in [1.807, 2.05) is 11.0 Å². The van der Waals surface area contributed by atoms with Gasteiger partial charge in [0.25, 0.3) is 0 Å². The normalized spacial score (nSPS) is 18.2. The Morgan fingerprint density at radius 3 is 2.62 bits per heavy atom. The van der Waals surface area contributed by atoms with Gasteiger partial charge in [-0.3, -0.25) is 0 Å². The summed E-state index contributed by atoms with van der Waals surface area (Å²) in [5, 5.41) is 20.3. The largest absolute Gasteiger partial charge is 0.352 e. The number of nitrogens with one attached hydrogen (secondary N) is 1. The summed E-state index contributed by atoms with van der Waals surface area (Å²) in [6.07, 6.45) is 0.332. The Hall–Kier alpha value is -2.31. The minimum Gasteiger partial charge on any atom is -0.352 e. The van der Waals surface area contributed by atoms with Gasteiger partial charge in [-0.1, -0.05) is 17.7 Å². The van der Waals surface area contributed by atoms with Crippen LogP contribution in [0.4, 0.5) is 10.2 Å². The second-order valence-corrected chi connectivity index (χ2v) is 7.91. The highest BCUT2D eigenvalue weighted by Crippen LogP contribution is 2.29. The minimum atomic E-state index is -0.464. The molecule has 1 aromatic heterocycles. The zero-order valence-electron chi connectivity index (χ0n) is 15.8. The predicted molar refractivity (Wildman–Crippen MR) is 105 cm³/mol. The first-order valence-corrected chi connectivity index (χ1v) is 9.81. The number of hydrogen-bond donors (Lipinski definition) is 1. The van der Waals surface area contributed by atoms with Crippen molar-refractivity contribution in [3.8, 4) is 6.07 Å². The van der Waals surface area contributed by atoms with Crippen molar-refractivity contribution >= 4 is 17.4 Å². The molecular weight excluding hydrogens is 397 g/mol. The van der Waals surface area contributed by atoms with Crippen molar-refractivity contribution < 1.29 is 13.9 Å². The van der Waals surface area contributed by atoms with Crippen LogP contribution in [0.15, 0.2) is 30.3 Å². The average Bonchev–Trinajstić information content (AvgIpc) is 2.73. The molecule has 2 fully saturated rings. The first kappa shape index (κ1) is 20.0. The van der Waals surface area contributed by atoms with E-state index in [4.69, 9.17) is 26.3 Å². The lowest BCUT2D eigenvalue weighted by Crippen LogP contribution is -2.61. The van der Waals surface area contributed by atoms with Crippen LogP contribution in [0.1, 0.15) is 17.7 Å². The molecule has 2 aromatic rings. The molecule has 0 radical (unpaired) electrons. The number of anilines is 1. The van der Waals surface area contributed by atoms with Gasteiger partial charge in [0.05, 0.1) is 18.2 Å². The van der Waals surface area contributed by atoms with Crippen LogP contribution in [-0.4, -0.2) is 49.3 Å². The van der Waals surface area contributed by atoms with E-state index in [-0.39, 0.29) is 22.4 Å². The number of nitriles is 1. The summed E-state index contributed by atoms with van der Waals surface area (Å²) in [7, 11) is 0. The molecule has 0 bridgehead atoms. The Bertz CT molecular complexity index is 891. The molecule has 2 aliphatic heterocycles. The van der Waals surface area contributed by atoms with Crippen LogP contribution in [0.5, 0.6) is 0 Å². The Labute approximate surface area is 173 Å². The second-order valence-electron chi connectivity index (χ2n) is 7.50. The van der Waals surface area contributed by atoms with Crippen molar-refractivity contribution in [2.75, 3.05) is 37.7 Å². The molecule has 7 nitrogen and oxygen atoms in total. The van der Waals surface area contributed by atoms with E-state index < -0.39 is 5.82 Å². The quantitative estimate of drug-likeness (QED) is 0.773. The molecule has 1 aromatic carbocycles. The summed E-state index contributed by atoms with van der Waals surface area (Å²) >= 11 is 5.79. The van der Waals surface area contributed by atoms with Gasteiger partial charge in [-0.05, 0) is 29.8 Å². The molecule has 2 saturated heterocycles. The molecule has 0 atom stereocenters. The fraction of sp³-hybridized carbons (Fsp3) is 0.450. The standard InChI is InChI=1S/C20H21ClFN5O2/c21-16-3-1-14(7-17(16)22)9-27(18-4-2-15(8-23)25-26-18)6-5-19-28-12-20(13-29-19)10-24-11-20/h1-4,7,19,24H,5-6,9-13H2. The molecule has 1 spiro atoms. The molecule has 3 heterocycles. The fourth-order valence-corrected chi connectivity index (χ4v) is 3.54. The molecule has 0 amide bonds. The average molecular weight is 418 g/mol. The molecule has 4 rings (SSSR count). The Morgan fingerprint density at radius 1 is 1.24 bits per heavy atom. The Kier molecular flexibility index (Phi) is 5.92. The van der Waals surface area contributed by atoms with Gasteiger partial charge >= 0.3 is 0 Å². The lowest BCUT2D eigenvalue weighted by atomic mass is 9.83. The molecule has 9 heteroatoms. The van der Waals surface area contributed by atoms with E-state index in [1.165, 1.54) is 12.1 Å². The van der Waals surface area contributed by atoms with Crippen molar-refractivity contribution in [2.24, 2.45) is 5.41 Å². The summed E-state index contributed by atoms with van der Waals surface area (Å²) in [4.78, 5) is 1.96. The number of benzene rings is 1. The highest BCUT2D eigenvalue weighted by atomic mass is 35.5. The van der Waals surface area contributed by atoms with Gasteiger partial charge in [0.2, 0.25) is 0 Å². The monoisotopic (exact) mass is 417 g/mol. The van der Waals surface area contributed by atoms with Crippen molar-refractivity contribution in [3.05, 3.63) is 52.4 Å². The van der Waals surface area contributed by atoms with E-state index in [0.29, 0.717) is 38.5 Å². The number of nitrogens with zero attached hydrogens (tertiary/aromatic N) is 4. The third kappa shape index (κ3) is 4.65. The maximum absolute atomic E-state index is 13.9. The minimum absolute atomic E-state index is 0.0851. The first-order valence-electron chi connectivity index (χ1n) is 9.44. The highest BCUT2D eigenvalue weighted by Gasteiger charge is 2.42. The predicted octanol–water partition coefficient (Wildman–Crippen LogP) is 2.50. The van der Waals surface area contributed by atoms with Crippen LogP contribution < -0.4 is 10.2 Å². The van der Waals surface area contributed by atoms with Crippen molar-refractivity contribution in [3.63, 3.8) is 0 Å². The molecule has 29 heavy (non-hydrogen) atoms. The molecular formula is C20H21ClFN5O2. The van der Waals surface area contributed by atoms with Crippen LogP contribution in [0.3, 0.4) is 0 Å². The van der Waals surface area contributed by atoms with Crippen molar-refractivity contribution in [1.29, 1.82) is 5.26 Å². The van der Waals surface area contributed by atoms with Gasteiger partial charge in [0, 0.05) is 38.0 Å². The second kappa shape index (κ2) is 8.59. The van der Waals surface area contributed by atoms with E-state index in [0.717, 1.165) is 18.7 Å². The van der Waals surface area contributed by atoms with Gasteiger partial charge in [-0.25, -0.2) is 4.39 Å². The number of aromatic nitrogens is 2. The maximum Gasteiger partial charge on any atom is 0.163 e. The third-order valence-electron chi connectivity index (χ3n) is 5.23. The summed E-state index contributed by atoms with van der Waals surface area (Å²) in [6, 6.07) is 10.0. The molecule has 0 unspecified atom stereocenters. The van der Waals surface area contributed by atoms with Crippen LogP contribution in [-0.2, 0) is 16.0 Å². The topological polar surface area (TPSA) is 83.3 Å². The smallest absolute Gasteiger partial charge is 0.163 e. The van der Waals surface area contributed by atoms with Crippen LogP contribution in [0, 0.1) is 22.6 Å². The number of hydrogen-bond acceptors (Lipinski definition) is 7. The summed E-state index contributed by atoms with van der Waals surface area (Å²) in [6.45, 7) is 4.20. The Balaban J connectivity index is 1.43. The van der Waals surface area contributed by atoms with Crippen LogP contribution in [0.25, 0.3) is 0 Å². The fourth-order valence-electron chi connectivity index (χ4n) is 3.43. The Morgan fingerprint density at radius 2 is 2.03 bits per heavy atom. The molecule has 0 saturated carbocycles. The van der Waals surface area contributed by atoms with Gasteiger partial charge in [0.1, 0.15) is 11.9 Å². The lowest BCUT2D eigenvalue weighted by Gasteiger charge is -2.46. The van der Waals surface area contributed by atoms with Crippen molar-refractivity contribution in [1.82, 2.24) is 15.5 Å². The number of halogens is 2. The van der Waals surface area contributed by atoms with E-state index in [9.17, 15) is 4.39 Å². The van der Waals surface area contributed by atoms with E-state index >= 15 is 0 Å². The summed E-state index contributed by atoms with van der Waals surface area (Å²) < 4.78 is 25.7.